The summed E-state index contributed by atoms with van der Waals surface area (Å²) >= 11 is 0. The van der Waals surface area contributed by atoms with Crippen LogP contribution in [0.1, 0.15) is 17.5 Å². The van der Waals surface area contributed by atoms with E-state index in [9.17, 15) is 4.79 Å². The van der Waals surface area contributed by atoms with Crippen LogP contribution < -0.4 is 15.8 Å². The summed E-state index contributed by atoms with van der Waals surface area (Å²) in [6.07, 6.45) is 0.320. The molecule has 0 aliphatic rings. The summed E-state index contributed by atoms with van der Waals surface area (Å²) in [7, 11) is 0. The SMILES string of the molecule is Cc1ccccc1CNC(=O)CCOc1cccc(N)c1. The number of nitrogens with one attached hydrogen (secondary N) is 1. The zero-order valence-electron chi connectivity index (χ0n) is 12.1. The third-order valence-corrected chi connectivity index (χ3v) is 3.19. The molecular formula is C17H20N2O2. The molecule has 0 saturated heterocycles. The van der Waals surface area contributed by atoms with Gasteiger partial charge in [-0.1, -0.05) is 30.3 Å². The molecule has 4 nitrogen and oxygen atoms in total. The van der Waals surface area contributed by atoms with Gasteiger partial charge in [0.2, 0.25) is 5.91 Å². The number of anilines is 1. The Hall–Kier alpha value is -2.49. The minimum atomic E-state index is -0.0258. The fourth-order valence-electron chi connectivity index (χ4n) is 1.96. The van der Waals surface area contributed by atoms with E-state index in [0.29, 0.717) is 31.0 Å². The lowest BCUT2D eigenvalue weighted by Crippen LogP contribution is -2.24. The molecule has 21 heavy (non-hydrogen) atoms. The number of nitrogen functional groups attached to an aromatic ring is 1. The first-order chi connectivity index (χ1) is 10.1. The highest BCUT2D eigenvalue weighted by atomic mass is 16.5. The van der Waals surface area contributed by atoms with E-state index in [1.807, 2.05) is 43.3 Å². The summed E-state index contributed by atoms with van der Waals surface area (Å²) in [5.41, 5.74) is 8.61. The van der Waals surface area contributed by atoms with Crippen LogP contribution in [-0.2, 0) is 11.3 Å². The van der Waals surface area contributed by atoms with Crippen molar-refractivity contribution in [1.82, 2.24) is 5.32 Å². The van der Waals surface area contributed by atoms with Crippen molar-refractivity contribution >= 4 is 11.6 Å². The van der Waals surface area contributed by atoms with Crippen molar-refractivity contribution in [3.8, 4) is 5.75 Å². The Balaban J connectivity index is 1.72. The largest absolute Gasteiger partial charge is 0.493 e. The lowest BCUT2D eigenvalue weighted by molar-refractivity contribution is -0.121. The highest BCUT2D eigenvalue weighted by Gasteiger charge is 2.03. The van der Waals surface area contributed by atoms with E-state index >= 15 is 0 Å². The van der Waals surface area contributed by atoms with Crippen molar-refractivity contribution in [3.63, 3.8) is 0 Å². The number of nitrogens with two attached hydrogens (primary N) is 1. The molecule has 0 heterocycles. The first-order valence-corrected chi connectivity index (χ1v) is 6.94. The zero-order chi connectivity index (χ0) is 15.1. The molecule has 0 saturated carbocycles. The predicted molar refractivity (Wildman–Crippen MR) is 84.0 cm³/mol. The van der Waals surface area contributed by atoms with Gasteiger partial charge in [-0.25, -0.2) is 0 Å². The Bertz CT molecular complexity index is 611. The molecule has 0 radical (unpaired) electrons. The average molecular weight is 284 g/mol. The van der Waals surface area contributed by atoms with Gasteiger partial charge in [0.25, 0.3) is 0 Å². The standard InChI is InChI=1S/C17H20N2O2/c1-13-5-2-3-6-14(13)12-19-17(20)9-10-21-16-8-4-7-15(18)11-16/h2-8,11H,9-10,12,18H2,1H3,(H,19,20). The molecule has 0 bridgehead atoms. The third-order valence-electron chi connectivity index (χ3n) is 3.19. The molecule has 4 heteroatoms. The maximum absolute atomic E-state index is 11.8. The third kappa shape index (κ3) is 4.84. The van der Waals surface area contributed by atoms with Gasteiger partial charge < -0.3 is 15.8 Å². The first kappa shape index (κ1) is 14.9. The number of aryl methyl sites for hydroxylation is 1. The summed E-state index contributed by atoms with van der Waals surface area (Å²) in [5, 5.41) is 2.89. The lowest BCUT2D eigenvalue weighted by Gasteiger charge is -2.09. The van der Waals surface area contributed by atoms with E-state index < -0.39 is 0 Å². The predicted octanol–water partition coefficient (Wildman–Crippen LogP) is 2.66. The smallest absolute Gasteiger partial charge is 0.223 e. The minimum Gasteiger partial charge on any atom is -0.493 e. The van der Waals surface area contributed by atoms with Crippen molar-refractivity contribution < 1.29 is 9.53 Å². The molecular weight excluding hydrogens is 264 g/mol. The number of carbonyl (C=O) groups excluding carboxylic acids is 1. The van der Waals surface area contributed by atoms with Crippen LogP contribution in [0, 0.1) is 6.92 Å². The van der Waals surface area contributed by atoms with Crippen molar-refractivity contribution in [1.29, 1.82) is 0 Å². The van der Waals surface area contributed by atoms with Gasteiger partial charge in [0.1, 0.15) is 5.75 Å². The van der Waals surface area contributed by atoms with Gasteiger partial charge in [-0.15, -0.1) is 0 Å². The Morgan fingerprint density at radius 1 is 1.19 bits per heavy atom. The summed E-state index contributed by atoms with van der Waals surface area (Å²) in [5.74, 6) is 0.656. The second-order valence-corrected chi connectivity index (χ2v) is 4.87. The van der Waals surface area contributed by atoms with Crippen LogP contribution in [0.15, 0.2) is 48.5 Å². The summed E-state index contributed by atoms with van der Waals surface area (Å²) in [6, 6.07) is 15.2. The molecule has 2 rings (SSSR count). The second kappa shape index (κ2) is 7.33. The maximum atomic E-state index is 11.8. The Morgan fingerprint density at radius 3 is 2.76 bits per heavy atom. The minimum absolute atomic E-state index is 0.0258. The molecule has 0 unspecified atom stereocenters. The van der Waals surface area contributed by atoms with Crippen LogP contribution in [0.4, 0.5) is 5.69 Å². The van der Waals surface area contributed by atoms with Crippen LogP contribution in [-0.4, -0.2) is 12.5 Å². The van der Waals surface area contributed by atoms with Gasteiger partial charge >= 0.3 is 0 Å². The van der Waals surface area contributed by atoms with Crippen molar-refractivity contribution in [2.24, 2.45) is 0 Å². The van der Waals surface area contributed by atoms with Crippen LogP contribution >= 0.6 is 0 Å². The van der Waals surface area contributed by atoms with E-state index in [2.05, 4.69) is 5.32 Å². The molecule has 0 aliphatic carbocycles. The van der Waals surface area contributed by atoms with Gasteiger partial charge in [-0.2, -0.15) is 0 Å². The Labute approximate surface area is 124 Å². The van der Waals surface area contributed by atoms with Gasteiger partial charge in [0.05, 0.1) is 13.0 Å². The van der Waals surface area contributed by atoms with Crippen molar-refractivity contribution in [3.05, 3.63) is 59.7 Å². The van der Waals surface area contributed by atoms with Gasteiger partial charge in [-0.3, -0.25) is 4.79 Å². The van der Waals surface area contributed by atoms with E-state index in [1.165, 1.54) is 5.56 Å². The van der Waals surface area contributed by atoms with E-state index in [0.717, 1.165) is 5.56 Å². The van der Waals surface area contributed by atoms with Crippen molar-refractivity contribution in [2.75, 3.05) is 12.3 Å². The lowest BCUT2D eigenvalue weighted by atomic mass is 10.1. The highest BCUT2D eigenvalue weighted by molar-refractivity contribution is 5.76. The monoisotopic (exact) mass is 284 g/mol. The molecule has 1 amide bonds. The molecule has 110 valence electrons. The summed E-state index contributed by atoms with van der Waals surface area (Å²) < 4.78 is 5.49. The number of hydrogen-bond donors (Lipinski definition) is 2. The number of amides is 1. The molecule has 2 aromatic carbocycles. The Morgan fingerprint density at radius 2 is 2.00 bits per heavy atom. The van der Waals surface area contributed by atoms with Crippen LogP contribution in [0.5, 0.6) is 5.75 Å². The Kier molecular flexibility index (Phi) is 5.21. The van der Waals surface area contributed by atoms with Gasteiger partial charge in [0, 0.05) is 18.3 Å². The highest BCUT2D eigenvalue weighted by Crippen LogP contribution is 2.14. The number of carbonyl (C=O) groups is 1. The number of hydrogen-bond acceptors (Lipinski definition) is 3. The van der Waals surface area contributed by atoms with E-state index in [-0.39, 0.29) is 5.91 Å². The molecule has 3 N–H and O–H groups in total. The van der Waals surface area contributed by atoms with Crippen LogP contribution in [0.2, 0.25) is 0 Å². The zero-order valence-corrected chi connectivity index (χ0v) is 12.1. The maximum Gasteiger partial charge on any atom is 0.223 e. The normalized spacial score (nSPS) is 10.1. The average Bonchev–Trinajstić information content (AvgIpc) is 2.46. The number of ether oxygens (including phenoxy) is 1. The van der Waals surface area contributed by atoms with Crippen LogP contribution in [0.25, 0.3) is 0 Å². The molecule has 0 aromatic heterocycles. The quantitative estimate of drug-likeness (QED) is 0.802. The summed E-state index contributed by atoms with van der Waals surface area (Å²) in [6.45, 7) is 2.91. The second-order valence-electron chi connectivity index (χ2n) is 4.87. The van der Waals surface area contributed by atoms with E-state index in [4.69, 9.17) is 10.5 Å². The fraction of sp³-hybridized carbons (Fsp3) is 0.235. The molecule has 0 aliphatic heterocycles. The molecule has 2 aromatic rings. The molecule has 0 fully saturated rings. The molecule has 0 spiro atoms. The van der Waals surface area contributed by atoms with Crippen molar-refractivity contribution in [2.45, 2.75) is 19.9 Å². The summed E-state index contributed by atoms with van der Waals surface area (Å²) in [4.78, 5) is 11.8. The van der Waals surface area contributed by atoms with Gasteiger partial charge in [-0.05, 0) is 30.2 Å². The van der Waals surface area contributed by atoms with Crippen LogP contribution in [0.3, 0.4) is 0 Å². The van der Waals surface area contributed by atoms with Gasteiger partial charge in [0.15, 0.2) is 0 Å². The number of rotatable bonds is 6. The molecule has 0 atom stereocenters. The first-order valence-electron chi connectivity index (χ1n) is 6.94. The van der Waals surface area contributed by atoms with E-state index in [1.54, 1.807) is 12.1 Å². The number of benzene rings is 2. The fourth-order valence-corrected chi connectivity index (χ4v) is 1.96. The topological polar surface area (TPSA) is 64.3 Å².